The van der Waals surface area contributed by atoms with Crippen LogP contribution in [0.3, 0.4) is 0 Å². The zero-order valence-corrected chi connectivity index (χ0v) is 22.4. The third-order valence-corrected chi connectivity index (χ3v) is 6.67. The molecule has 2 unspecified atom stereocenters. The summed E-state index contributed by atoms with van der Waals surface area (Å²) in [4.78, 5) is 10.5. The molecule has 6 nitrogen and oxygen atoms in total. The van der Waals surface area contributed by atoms with E-state index in [0.29, 0.717) is 30.1 Å². The second-order valence-corrected chi connectivity index (χ2v) is 10.0. The predicted molar refractivity (Wildman–Crippen MR) is 147 cm³/mol. The van der Waals surface area contributed by atoms with Crippen LogP contribution >= 0.6 is 0 Å². The molecule has 0 N–H and O–H groups in total. The van der Waals surface area contributed by atoms with Gasteiger partial charge in [0.05, 0.1) is 32.2 Å². The van der Waals surface area contributed by atoms with Crippen LogP contribution in [0.5, 0.6) is 5.75 Å². The number of quaternary nitrogens is 1. The number of nitro benzene ring substituents is 1. The number of nitrogens with zero attached hydrogens (tertiary/aromatic N) is 2. The van der Waals surface area contributed by atoms with Crippen molar-refractivity contribution in [1.82, 2.24) is 0 Å². The average Bonchev–Trinajstić information content (AvgIpc) is 2.82. The molecular formula is C30H41N2O4+. The van der Waals surface area contributed by atoms with Gasteiger partial charge in [-0.25, -0.2) is 0 Å². The molecule has 2 atom stereocenters. The summed E-state index contributed by atoms with van der Waals surface area (Å²) in [6.07, 6.45) is 4.05. The van der Waals surface area contributed by atoms with Gasteiger partial charge in [-0.1, -0.05) is 55.1 Å². The molecule has 2 rings (SSSR count). The number of ether oxygens (including phenoxy) is 2. The molecule has 0 aromatic heterocycles. The minimum Gasteiger partial charge on any atom is -0.487 e. The molecule has 2 aromatic rings. The largest absolute Gasteiger partial charge is 0.487 e. The number of hydrogen-bond donors (Lipinski definition) is 0. The van der Waals surface area contributed by atoms with Crippen molar-refractivity contribution in [1.29, 1.82) is 0 Å². The van der Waals surface area contributed by atoms with Crippen LogP contribution in [-0.4, -0.2) is 48.8 Å². The average molecular weight is 494 g/mol. The first-order valence-electron chi connectivity index (χ1n) is 12.3. The topological polar surface area (TPSA) is 61.6 Å². The van der Waals surface area contributed by atoms with E-state index < -0.39 is 4.92 Å². The van der Waals surface area contributed by atoms with Gasteiger partial charge in [-0.2, -0.15) is 0 Å². The quantitative estimate of drug-likeness (QED) is 0.0892. The van der Waals surface area contributed by atoms with Crippen LogP contribution in [0.2, 0.25) is 0 Å². The summed E-state index contributed by atoms with van der Waals surface area (Å²) in [6.45, 7) is 16.4. The molecule has 0 spiro atoms. The summed E-state index contributed by atoms with van der Waals surface area (Å²) >= 11 is 0. The lowest BCUT2D eigenvalue weighted by Gasteiger charge is -2.45. The Labute approximate surface area is 216 Å². The van der Waals surface area contributed by atoms with Crippen LogP contribution in [0.15, 0.2) is 90.6 Å². The third-order valence-electron chi connectivity index (χ3n) is 6.67. The van der Waals surface area contributed by atoms with E-state index in [9.17, 15) is 10.1 Å². The van der Waals surface area contributed by atoms with Gasteiger partial charge in [0.2, 0.25) is 0 Å². The number of allylic oxidation sites excluding steroid dienone is 1. The Balaban J connectivity index is 1.98. The highest BCUT2D eigenvalue weighted by atomic mass is 16.6. The summed E-state index contributed by atoms with van der Waals surface area (Å²) in [6, 6.07) is 16.6. The van der Waals surface area contributed by atoms with Gasteiger partial charge in [-0.3, -0.25) is 10.1 Å². The molecular weight excluding hydrogens is 452 g/mol. The van der Waals surface area contributed by atoms with Gasteiger partial charge in [0, 0.05) is 18.6 Å². The summed E-state index contributed by atoms with van der Waals surface area (Å²) in [7, 11) is 4.39. The first kappa shape index (κ1) is 29.0. The van der Waals surface area contributed by atoms with Crippen LogP contribution in [0.1, 0.15) is 39.2 Å². The molecule has 0 aliphatic carbocycles. The van der Waals surface area contributed by atoms with E-state index in [1.165, 1.54) is 23.3 Å². The highest BCUT2D eigenvalue weighted by Gasteiger charge is 2.37. The Bertz CT molecular complexity index is 1040. The molecule has 6 heteroatoms. The second-order valence-electron chi connectivity index (χ2n) is 10.0. The lowest BCUT2D eigenvalue weighted by molar-refractivity contribution is -0.928. The summed E-state index contributed by atoms with van der Waals surface area (Å²) < 4.78 is 12.5. The minimum atomic E-state index is -0.413. The summed E-state index contributed by atoms with van der Waals surface area (Å²) in [5.41, 5.74) is 4.66. The SMILES string of the molecule is C=C(C)C(CC/C(C)=C/COCc1ccccc1)[N+](C)(C)C(COc1ccc([N+](=O)[O-])cc1)C(=C)C. The number of non-ortho nitro benzene ring substituents is 1. The first-order chi connectivity index (χ1) is 17.0. The number of hydrogen-bond acceptors (Lipinski definition) is 4. The van der Waals surface area contributed by atoms with Gasteiger partial charge in [0.25, 0.3) is 5.69 Å². The molecule has 2 aromatic carbocycles. The maximum atomic E-state index is 10.9. The smallest absolute Gasteiger partial charge is 0.269 e. The lowest BCUT2D eigenvalue weighted by atomic mass is 9.94. The fraction of sp³-hybridized carbons (Fsp3) is 0.400. The number of benzene rings is 2. The van der Waals surface area contributed by atoms with Gasteiger partial charge in [0.1, 0.15) is 24.4 Å². The van der Waals surface area contributed by atoms with E-state index in [0.717, 1.165) is 24.0 Å². The number of likely N-dealkylation sites (N-methyl/N-ethyl adjacent to an activating group) is 1. The van der Waals surface area contributed by atoms with E-state index in [-0.39, 0.29) is 17.8 Å². The van der Waals surface area contributed by atoms with E-state index in [1.54, 1.807) is 12.1 Å². The zero-order valence-electron chi connectivity index (χ0n) is 22.4. The Morgan fingerprint density at radius 2 is 1.61 bits per heavy atom. The predicted octanol–water partition coefficient (Wildman–Crippen LogP) is 6.88. The van der Waals surface area contributed by atoms with Crippen molar-refractivity contribution in [3.05, 3.63) is 106 Å². The Kier molecular flexibility index (Phi) is 11.1. The van der Waals surface area contributed by atoms with Crippen molar-refractivity contribution in [2.45, 2.75) is 52.3 Å². The third kappa shape index (κ3) is 8.77. The standard InChI is InChI=1S/C30H41N2O4/c1-23(2)29(18-13-25(5)19-20-35-21-26-11-9-8-10-12-26)32(6,7)30(24(3)4)22-36-28-16-14-27(15-17-28)31(33)34/h8-12,14-17,19,29-30H,1,3,13,18,20-22H2,2,4-7H3/q+1/b25-19+. The molecule has 0 saturated heterocycles. The van der Waals surface area contributed by atoms with Crippen LogP contribution < -0.4 is 4.74 Å². The number of rotatable bonds is 15. The van der Waals surface area contributed by atoms with Crippen LogP contribution in [0, 0.1) is 10.1 Å². The normalized spacial score (nSPS) is 13.6. The van der Waals surface area contributed by atoms with Crippen molar-refractivity contribution in [3.63, 3.8) is 0 Å². The zero-order chi connectivity index (χ0) is 26.7. The highest BCUT2D eigenvalue weighted by molar-refractivity contribution is 5.36. The van der Waals surface area contributed by atoms with Crippen molar-refractivity contribution in [2.24, 2.45) is 0 Å². The van der Waals surface area contributed by atoms with E-state index in [4.69, 9.17) is 9.47 Å². The van der Waals surface area contributed by atoms with Crippen molar-refractivity contribution in [3.8, 4) is 5.75 Å². The van der Waals surface area contributed by atoms with Gasteiger partial charge < -0.3 is 14.0 Å². The molecule has 0 aliphatic rings. The van der Waals surface area contributed by atoms with Gasteiger partial charge in [0.15, 0.2) is 0 Å². The van der Waals surface area contributed by atoms with Crippen LogP contribution in [0.25, 0.3) is 0 Å². The Morgan fingerprint density at radius 1 is 1.00 bits per heavy atom. The first-order valence-corrected chi connectivity index (χ1v) is 12.3. The summed E-state index contributed by atoms with van der Waals surface area (Å²) in [5.74, 6) is 0.605. The van der Waals surface area contributed by atoms with Gasteiger partial charge in [-0.15, -0.1) is 0 Å². The molecule has 0 heterocycles. The van der Waals surface area contributed by atoms with Crippen LogP contribution in [0.4, 0.5) is 5.69 Å². The molecule has 194 valence electrons. The fourth-order valence-electron chi connectivity index (χ4n) is 4.52. The fourth-order valence-corrected chi connectivity index (χ4v) is 4.52. The van der Waals surface area contributed by atoms with Crippen molar-refractivity contribution < 1.29 is 18.9 Å². The highest BCUT2D eigenvalue weighted by Crippen LogP contribution is 2.28. The Hall–Kier alpha value is -3.22. The number of nitro groups is 1. The van der Waals surface area contributed by atoms with Gasteiger partial charge in [-0.05, 0) is 56.0 Å². The lowest BCUT2D eigenvalue weighted by Crippen LogP contribution is -2.58. The Morgan fingerprint density at radius 3 is 2.17 bits per heavy atom. The van der Waals surface area contributed by atoms with E-state index in [2.05, 4.69) is 59.3 Å². The van der Waals surface area contributed by atoms with E-state index >= 15 is 0 Å². The minimum absolute atomic E-state index is 0.0281. The summed E-state index contributed by atoms with van der Waals surface area (Å²) in [5, 5.41) is 10.9. The van der Waals surface area contributed by atoms with E-state index in [1.807, 2.05) is 25.1 Å². The van der Waals surface area contributed by atoms with Crippen LogP contribution in [-0.2, 0) is 11.3 Å². The molecule has 0 fully saturated rings. The molecule has 0 saturated carbocycles. The van der Waals surface area contributed by atoms with Gasteiger partial charge >= 0.3 is 0 Å². The molecule has 0 amide bonds. The van der Waals surface area contributed by atoms with Crippen molar-refractivity contribution >= 4 is 5.69 Å². The second kappa shape index (κ2) is 13.8. The molecule has 0 radical (unpaired) electrons. The maximum Gasteiger partial charge on any atom is 0.269 e. The van der Waals surface area contributed by atoms with Crippen molar-refractivity contribution in [2.75, 3.05) is 27.3 Å². The molecule has 0 bridgehead atoms. The monoisotopic (exact) mass is 493 g/mol. The molecule has 0 aliphatic heterocycles. The molecule has 36 heavy (non-hydrogen) atoms. The maximum absolute atomic E-state index is 10.9.